The van der Waals surface area contributed by atoms with Gasteiger partial charge in [-0.25, -0.2) is 4.68 Å². The van der Waals surface area contributed by atoms with Crippen LogP contribution >= 0.6 is 11.6 Å². The van der Waals surface area contributed by atoms with E-state index in [4.69, 9.17) is 21.1 Å². The van der Waals surface area contributed by atoms with Crippen LogP contribution in [0.4, 0.5) is 0 Å². The SMILES string of the molecule is CC[C@H]1OC[C@@H](Oc2nc3cc(-c4ccc(-c5ccc(-n6ccnn6)cc5)cc4)c(Cl)cc3[nH]2)[C@@H]1O. The Bertz CT molecular complexity index is 1480. The van der Waals surface area contributed by atoms with Crippen molar-refractivity contribution in [1.29, 1.82) is 0 Å². The molecule has 3 aromatic carbocycles. The minimum absolute atomic E-state index is 0.213. The van der Waals surface area contributed by atoms with Gasteiger partial charge in [-0.1, -0.05) is 60.1 Å². The molecule has 0 aliphatic carbocycles. The number of H-pyrrole nitrogens is 1. The number of nitrogens with one attached hydrogen (secondary N) is 1. The Labute approximate surface area is 212 Å². The van der Waals surface area contributed by atoms with Crippen molar-refractivity contribution in [2.45, 2.75) is 31.7 Å². The Hall–Kier alpha value is -3.72. The molecular weight excluding hydrogens is 478 g/mol. The number of benzene rings is 3. The van der Waals surface area contributed by atoms with E-state index in [0.29, 0.717) is 17.6 Å². The van der Waals surface area contributed by atoms with E-state index in [1.54, 1.807) is 10.9 Å². The fourth-order valence-electron chi connectivity index (χ4n) is 4.54. The Balaban J connectivity index is 1.22. The summed E-state index contributed by atoms with van der Waals surface area (Å²) in [6, 6.07) is 20.5. The lowest BCUT2D eigenvalue weighted by molar-refractivity contribution is 0.0258. The molecule has 3 heterocycles. The van der Waals surface area contributed by atoms with Crippen molar-refractivity contribution in [2.24, 2.45) is 0 Å². The van der Waals surface area contributed by atoms with Crippen molar-refractivity contribution in [3.05, 3.63) is 78.1 Å². The average Bonchev–Trinajstić information content (AvgIpc) is 3.65. The molecule has 8 nitrogen and oxygen atoms in total. The third-order valence-corrected chi connectivity index (χ3v) is 6.85. The summed E-state index contributed by atoms with van der Waals surface area (Å²) in [5.74, 6) is 0. The highest BCUT2D eigenvalue weighted by Gasteiger charge is 2.36. The molecule has 0 saturated carbocycles. The van der Waals surface area contributed by atoms with E-state index < -0.39 is 12.2 Å². The zero-order chi connectivity index (χ0) is 24.6. The number of aliphatic hydroxyl groups is 1. The van der Waals surface area contributed by atoms with E-state index >= 15 is 0 Å². The first-order valence-electron chi connectivity index (χ1n) is 11.8. The van der Waals surface area contributed by atoms with E-state index in [1.165, 1.54) is 0 Å². The van der Waals surface area contributed by atoms with Crippen LogP contribution in [0.5, 0.6) is 6.01 Å². The van der Waals surface area contributed by atoms with Crippen molar-refractivity contribution in [2.75, 3.05) is 6.61 Å². The molecule has 1 fully saturated rings. The molecule has 3 atom stereocenters. The number of aromatic amines is 1. The predicted octanol–water partition coefficient (Wildman–Crippen LogP) is 5.05. The highest BCUT2D eigenvalue weighted by molar-refractivity contribution is 6.34. The second-order valence-corrected chi connectivity index (χ2v) is 9.20. The molecule has 1 saturated heterocycles. The summed E-state index contributed by atoms with van der Waals surface area (Å²) in [4.78, 5) is 7.71. The maximum atomic E-state index is 10.4. The number of rotatable bonds is 6. The Morgan fingerprint density at radius 3 is 2.47 bits per heavy atom. The van der Waals surface area contributed by atoms with Gasteiger partial charge in [-0.2, -0.15) is 4.98 Å². The fraction of sp³-hybridized carbons (Fsp3) is 0.222. The molecule has 0 bridgehead atoms. The number of halogens is 1. The maximum absolute atomic E-state index is 10.4. The van der Waals surface area contributed by atoms with Gasteiger partial charge in [0.2, 0.25) is 0 Å². The Kier molecular flexibility index (Phi) is 5.92. The van der Waals surface area contributed by atoms with Crippen LogP contribution in [0.15, 0.2) is 73.1 Å². The number of fused-ring (bicyclic) bond motifs is 1. The summed E-state index contributed by atoms with van der Waals surface area (Å²) in [6.45, 7) is 2.31. The lowest BCUT2D eigenvalue weighted by Crippen LogP contribution is -2.34. The minimum Gasteiger partial charge on any atom is -0.456 e. The predicted molar refractivity (Wildman–Crippen MR) is 137 cm³/mol. The van der Waals surface area contributed by atoms with E-state index in [2.05, 4.69) is 56.7 Å². The molecular formula is C27H24ClN5O3. The monoisotopic (exact) mass is 501 g/mol. The molecule has 0 radical (unpaired) electrons. The lowest BCUT2D eigenvalue weighted by atomic mass is 10.00. The first-order chi connectivity index (χ1) is 17.6. The molecule has 2 aromatic heterocycles. The fourth-order valence-corrected chi connectivity index (χ4v) is 4.81. The molecule has 1 aliphatic heterocycles. The van der Waals surface area contributed by atoms with Crippen molar-refractivity contribution in [3.63, 3.8) is 0 Å². The second-order valence-electron chi connectivity index (χ2n) is 8.79. The van der Waals surface area contributed by atoms with Crippen molar-refractivity contribution >= 4 is 22.6 Å². The van der Waals surface area contributed by atoms with Gasteiger partial charge in [0.25, 0.3) is 6.01 Å². The zero-order valence-electron chi connectivity index (χ0n) is 19.5. The van der Waals surface area contributed by atoms with Gasteiger partial charge >= 0.3 is 0 Å². The molecule has 5 aromatic rings. The summed E-state index contributed by atoms with van der Waals surface area (Å²) >= 11 is 6.64. The molecule has 6 rings (SSSR count). The molecule has 9 heteroatoms. The Morgan fingerprint density at radius 1 is 1.08 bits per heavy atom. The smallest absolute Gasteiger partial charge is 0.295 e. The quantitative estimate of drug-likeness (QED) is 0.338. The van der Waals surface area contributed by atoms with Gasteiger partial charge in [0.1, 0.15) is 6.10 Å². The number of nitrogens with zero attached hydrogens (tertiary/aromatic N) is 4. The van der Waals surface area contributed by atoms with Crippen molar-refractivity contribution < 1.29 is 14.6 Å². The standard InChI is InChI=1S/C27H24ClN5O3/c1-2-24-26(34)25(15-35-24)36-27-30-22-13-20(21(28)14-23(22)31-27)18-5-3-16(4-6-18)17-7-9-19(10-8-17)33-12-11-29-32-33/h3-14,24-26,34H,2,15H2,1H3,(H,30,31)/t24-,25-,26-/m1/s1. The second kappa shape index (κ2) is 9.39. The molecule has 1 aliphatic rings. The van der Waals surface area contributed by atoms with E-state index in [1.807, 2.05) is 37.4 Å². The van der Waals surface area contributed by atoms with Crippen LogP contribution in [-0.4, -0.2) is 55.0 Å². The first kappa shape index (κ1) is 22.7. The number of imidazole rings is 1. The highest BCUT2D eigenvalue weighted by atomic mass is 35.5. The molecule has 0 unspecified atom stereocenters. The number of hydrogen-bond donors (Lipinski definition) is 2. The number of hydrogen-bond acceptors (Lipinski definition) is 6. The van der Waals surface area contributed by atoms with Crippen LogP contribution in [0.1, 0.15) is 13.3 Å². The van der Waals surface area contributed by atoms with Gasteiger partial charge in [-0.05, 0) is 47.4 Å². The van der Waals surface area contributed by atoms with Gasteiger partial charge < -0.3 is 19.6 Å². The molecule has 0 spiro atoms. The summed E-state index contributed by atoms with van der Waals surface area (Å²) in [7, 11) is 0. The van der Waals surface area contributed by atoms with Gasteiger partial charge in [-0.15, -0.1) is 5.10 Å². The summed E-state index contributed by atoms with van der Waals surface area (Å²) < 4.78 is 13.2. The van der Waals surface area contributed by atoms with Crippen LogP contribution in [0.2, 0.25) is 5.02 Å². The average molecular weight is 502 g/mol. The van der Waals surface area contributed by atoms with Crippen LogP contribution in [-0.2, 0) is 4.74 Å². The van der Waals surface area contributed by atoms with Crippen LogP contribution in [0.25, 0.3) is 39.0 Å². The largest absolute Gasteiger partial charge is 0.456 e. The normalized spacial score (nSPS) is 19.7. The van der Waals surface area contributed by atoms with Crippen molar-refractivity contribution in [1.82, 2.24) is 25.0 Å². The molecule has 2 N–H and O–H groups in total. The first-order valence-corrected chi connectivity index (χ1v) is 12.2. The third-order valence-electron chi connectivity index (χ3n) is 6.53. The minimum atomic E-state index is -0.681. The molecule has 36 heavy (non-hydrogen) atoms. The van der Waals surface area contributed by atoms with Crippen LogP contribution in [0.3, 0.4) is 0 Å². The summed E-state index contributed by atoms with van der Waals surface area (Å²) in [5.41, 5.74) is 6.52. The van der Waals surface area contributed by atoms with Crippen molar-refractivity contribution in [3.8, 4) is 34.0 Å². The molecule has 182 valence electrons. The number of aliphatic hydroxyl groups excluding tert-OH is 1. The van der Waals surface area contributed by atoms with Gasteiger partial charge in [0.05, 0.1) is 46.8 Å². The third kappa shape index (κ3) is 4.24. The van der Waals surface area contributed by atoms with Crippen LogP contribution < -0.4 is 4.74 Å². The highest BCUT2D eigenvalue weighted by Crippen LogP contribution is 2.34. The van der Waals surface area contributed by atoms with Gasteiger partial charge in [0, 0.05) is 5.56 Å². The van der Waals surface area contributed by atoms with E-state index in [-0.39, 0.29) is 6.10 Å². The van der Waals surface area contributed by atoms with Gasteiger partial charge in [-0.3, -0.25) is 0 Å². The lowest BCUT2D eigenvalue weighted by Gasteiger charge is -2.15. The Morgan fingerprint density at radius 2 is 1.81 bits per heavy atom. The summed E-state index contributed by atoms with van der Waals surface area (Å²) in [6.07, 6.45) is 2.85. The van der Waals surface area contributed by atoms with Crippen LogP contribution in [0, 0.1) is 0 Å². The van der Waals surface area contributed by atoms with E-state index in [9.17, 15) is 5.11 Å². The van der Waals surface area contributed by atoms with E-state index in [0.717, 1.165) is 45.4 Å². The summed E-state index contributed by atoms with van der Waals surface area (Å²) in [5, 5.41) is 18.8. The number of ether oxygens (including phenoxy) is 2. The van der Waals surface area contributed by atoms with Gasteiger partial charge in [0.15, 0.2) is 6.10 Å². The number of aromatic nitrogens is 5. The zero-order valence-corrected chi connectivity index (χ0v) is 20.3. The maximum Gasteiger partial charge on any atom is 0.295 e. The molecule has 0 amide bonds. The topological polar surface area (TPSA) is 98.1 Å².